The topological polar surface area (TPSA) is 375 Å². The monoisotopic (exact) mass is 1210 g/mol. The maximum atomic E-state index is 11.7. The molecule has 0 aromatic rings. The van der Waals surface area contributed by atoms with Crippen LogP contribution in [0.4, 0.5) is 0 Å². The minimum atomic E-state index is -0.802. The number of amides is 3. The lowest BCUT2D eigenvalue weighted by Crippen LogP contribution is -2.38. The van der Waals surface area contributed by atoms with Crippen molar-refractivity contribution in [3.8, 4) is 0 Å². The van der Waals surface area contributed by atoms with Gasteiger partial charge in [-0.2, -0.15) is 35.3 Å². The van der Waals surface area contributed by atoms with Crippen LogP contribution in [-0.2, 0) is 71.3 Å². The van der Waals surface area contributed by atoms with E-state index in [0.29, 0.717) is 60.2 Å². The number of carboxylic acid groups (broad SMARTS) is 2. The van der Waals surface area contributed by atoms with Crippen molar-refractivity contribution in [1.29, 1.82) is 0 Å². The minimum absolute atomic E-state index is 0.0316. The number of thioether (sulfide) groups is 3. The summed E-state index contributed by atoms with van der Waals surface area (Å²) in [6.07, 6.45) is 2.95. The molecule has 0 radical (unpaired) electrons. The molecule has 0 aromatic carbocycles. The molecule has 0 bridgehead atoms. The van der Waals surface area contributed by atoms with E-state index in [0.717, 1.165) is 17.7 Å². The molecule has 470 valence electrons. The zero-order chi connectivity index (χ0) is 60.8. The summed E-state index contributed by atoms with van der Waals surface area (Å²) in [5.74, 6) is 0.910. The van der Waals surface area contributed by atoms with Gasteiger partial charge in [0.1, 0.15) is 0 Å². The van der Waals surface area contributed by atoms with Crippen LogP contribution in [0.2, 0.25) is 0 Å². The molecule has 1 heterocycles. The van der Waals surface area contributed by atoms with Gasteiger partial charge in [-0.25, -0.2) is 0 Å². The summed E-state index contributed by atoms with van der Waals surface area (Å²) < 4.78 is 51.6. The van der Waals surface area contributed by atoms with Gasteiger partial charge < -0.3 is 98.6 Å². The largest absolute Gasteiger partial charge is 0.481 e. The lowest BCUT2D eigenvalue weighted by molar-refractivity contribution is -0.181. The Labute approximate surface area is 480 Å². The van der Waals surface area contributed by atoms with E-state index in [4.69, 9.17) is 93.3 Å². The molecule has 10 atom stereocenters. The third-order valence-electron chi connectivity index (χ3n) is 10.3. The first-order valence-electron chi connectivity index (χ1n) is 26.0. The molecule has 0 spiro atoms. The van der Waals surface area contributed by atoms with Gasteiger partial charge in [0, 0.05) is 102 Å². The van der Waals surface area contributed by atoms with Crippen LogP contribution in [0.15, 0.2) is 12.2 Å². The molecule has 10 N–H and O–H groups in total. The van der Waals surface area contributed by atoms with Crippen LogP contribution >= 0.6 is 35.3 Å². The highest BCUT2D eigenvalue weighted by atomic mass is 32.2. The van der Waals surface area contributed by atoms with Gasteiger partial charge in [0.2, 0.25) is 5.91 Å². The average Bonchev–Trinajstić information content (AvgIpc) is 3.78. The van der Waals surface area contributed by atoms with Crippen LogP contribution in [0.3, 0.4) is 0 Å². The molecule has 0 fully saturated rings. The number of nitrogens with one attached hydrogen (secondary N) is 1. The SMILES string of the molecule is CCC(CO)OC(CO)OC.CCC(CO)OC(CO)OC.CCC(CO)OC(CSCCC(=O)NCCN1C(=O)C=CC1=O)OC.CCC(CO)OC(CSCCC(=O)O)OC.CCC(CO)OC(CSCCC(=O)O)OC. The zero-order valence-electron chi connectivity index (χ0n) is 48.0. The molecule has 0 aliphatic carbocycles. The van der Waals surface area contributed by atoms with Crippen molar-refractivity contribution in [2.45, 2.75) is 148 Å². The molecule has 26 nitrogen and oxygen atoms in total. The fraction of sp³-hybridized carbons (Fsp3) is 0.860. The zero-order valence-corrected chi connectivity index (χ0v) is 50.5. The first-order chi connectivity index (χ1) is 37.8. The number of aliphatic hydroxyl groups excluding tert-OH is 7. The molecule has 3 amide bonds. The molecule has 10 unspecified atom stereocenters. The number of methoxy groups -OCH3 is 5. The lowest BCUT2D eigenvalue weighted by atomic mass is 10.3. The molecule has 1 aliphatic rings. The van der Waals surface area contributed by atoms with Gasteiger partial charge in [0.25, 0.3) is 11.8 Å². The second kappa shape index (κ2) is 58.8. The van der Waals surface area contributed by atoms with Gasteiger partial charge in [-0.3, -0.25) is 28.9 Å². The summed E-state index contributed by atoms with van der Waals surface area (Å²) in [6, 6.07) is 0. The van der Waals surface area contributed by atoms with E-state index in [1.54, 1.807) is 0 Å². The van der Waals surface area contributed by atoms with Gasteiger partial charge in [0.05, 0.1) is 89.6 Å². The molecule has 0 saturated carbocycles. The fourth-order valence-corrected chi connectivity index (χ4v) is 8.01. The standard InChI is InChI=1S/C16H26N2O6S.2C10H20O5S.2C7H16O4/c1-3-12(10-19)24-16(23-2)11-25-9-6-13(20)17-7-8-18-14(21)4-5-15(18)22;2*1-3-8(6-11)15-10(14-2)7-16-5-4-9(12)13;2*1-3-6(4-8)11-7(5-9)10-2/h4-5,12,16,19H,3,6-11H2,1-2H3,(H,17,20);2*8,10-11H,3-7H2,1-2H3,(H,12,13);2*6-9H,3-5H2,1-2H3. The lowest BCUT2D eigenvalue weighted by Gasteiger charge is -2.21. The molecule has 0 aromatic heterocycles. The number of imide groups is 1. The summed E-state index contributed by atoms with van der Waals surface area (Å²) in [7, 11) is 7.51. The second-order valence-electron chi connectivity index (χ2n) is 16.2. The number of rotatable bonds is 45. The van der Waals surface area contributed by atoms with Crippen LogP contribution < -0.4 is 5.32 Å². The van der Waals surface area contributed by atoms with Crippen molar-refractivity contribution in [2.24, 2.45) is 0 Å². The Bertz CT molecular complexity index is 1360. The predicted octanol–water partition coefficient (Wildman–Crippen LogP) is 1.30. The van der Waals surface area contributed by atoms with Crippen molar-refractivity contribution in [3.05, 3.63) is 12.2 Å². The van der Waals surface area contributed by atoms with E-state index in [-0.39, 0.29) is 120 Å². The number of carbonyl (C=O) groups is 5. The summed E-state index contributed by atoms with van der Waals surface area (Å²) >= 11 is 4.45. The molecule has 1 aliphatic heterocycles. The van der Waals surface area contributed by atoms with Crippen LogP contribution in [0.25, 0.3) is 0 Å². The Morgan fingerprint density at radius 1 is 0.456 bits per heavy atom. The summed E-state index contributed by atoms with van der Waals surface area (Å²) in [5.41, 5.74) is 0. The number of carboxylic acids is 2. The maximum Gasteiger partial charge on any atom is 0.304 e. The Morgan fingerprint density at radius 2 is 0.722 bits per heavy atom. The normalized spacial score (nSPS) is 15.7. The Kier molecular flexibility index (Phi) is 61.9. The number of aliphatic carboxylic acids is 2. The highest BCUT2D eigenvalue weighted by Crippen LogP contribution is 2.14. The van der Waals surface area contributed by atoms with Crippen LogP contribution in [0.5, 0.6) is 0 Å². The van der Waals surface area contributed by atoms with Crippen molar-refractivity contribution < 1.29 is 117 Å². The molecule has 0 saturated heterocycles. The third kappa shape index (κ3) is 48.9. The second-order valence-corrected chi connectivity index (χ2v) is 19.7. The Balaban J connectivity index is -0.000000462. The van der Waals surface area contributed by atoms with Crippen molar-refractivity contribution >= 4 is 64.9 Å². The first kappa shape index (κ1) is 83.1. The number of nitrogens with zero attached hydrogens (tertiary/aromatic N) is 1. The van der Waals surface area contributed by atoms with Crippen LogP contribution in [-0.4, -0.2) is 272 Å². The van der Waals surface area contributed by atoms with E-state index < -0.39 is 43.4 Å². The van der Waals surface area contributed by atoms with Gasteiger partial charge in [-0.15, -0.1) is 0 Å². The van der Waals surface area contributed by atoms with E-state index in [9.17, 15) is 24.0 Å². The summed E-state index contributed by atoms with van der Waals surface area (Å²) in [5, 5.41) is 81.3. The van der Waals surface area contributed by atoms with E-state index in [1.807, 2.05) is 34.6 Å². The highest BCUT2D eigenvalue weighted by Gasteiger charge is 2.23. The van der Waals surface area contributed by atoms with Crippen LogP contribution in [0, 0.1) is 0 Å². The van der Waals surface area contributed by atoms with Gasteiger partial charge in [0.15, 0.2) is 31.5 Å². The first-order valence-corrected chi connectivity index (χ1v) is 29.5. The smallest absolute Gasteiger partial charge is 0.304 e. The quantitative estimate of drug-likeness (QED) is 0.0233. The minimum Gasteiger partial charge on any atom is -0.481 e. The molecule has 1 rings (SSSR count). The Hall–Kier alpha value is -2.34. The van der Waals surface area contributed by atoms with E-state index >= 15 is 0 Å². The highest BCUT2D eigenvalue weighted by molar-refractivity contribution is 7.99. The van der Waals surface area contributed by atoms with Gasteiger partial charge >= 0.3 is 11.9 Å². The molecular weight excluding hydrogens is 1110 g/mol. The van der Waals surface area contributed by atoms with Gasteiger partial charge in [-0.05, 0) is 32.1 Å². The van der Waals surface area contributed by atoms with Crippen LogP contribution in [0.1, 0.15) is 86.0 Å². The number of aliphatic hydroxyl groups is 7. The maximum absolute atomic E-state index is 11.7. The molecule has 29 heteroatoms. The molecule has 79 heavy (non-hydrogen) atoms. The van der Waals surface area contributed by atoms with E-state index in [1.165, 1.54) is 83.0 Å². The van der Waals surface area contributed by atoms with Crippen molar-refractivity contribution in [3.63, 3.8) is 0 Å². The predicted molar refractivity (Wildman–Crippen MR) is 299 cm³/mol. The fourth-order valence-electron chi connectivity index (χ4n) is 5.32. The number of carbonyl (C=O) groups excluding carboxylic acids is 3. The van der Waals surface area contributed by atoms with E-state index in [2.05, 4.69) is 5.32 Å². The average molecular weight is 1210 g/mol. The molecular formula is C50H98N2O24S3. The number of hydrogen-bond acceptors (Lipinski definition) is 25. The summed E-state index contributed by atoms with van der Waals surface area (Å²) in [4.78, 5) is 56.1. The van der Waals surface area contributed by atoms with Crippen molar-refractivity contribution in [1.82, 2.24) is 10.2 Å². The third-order valence-corrected chi connectivity index (χ3v) is 13.3. The van der Waals surface area contributed by atoms with Gasteiger partial charge in [-0.1, -0.05) is 34.6 Å². The number of ether oxygens (including phenoxy) is 10. The Morgan fingerprint density at radius 3 is 0.949 bits per heavy atom. The number of hydrogen-bond donors (Lipinski definition) is 10. The summed E-state index contributed by atoms with van der Waals surface area (Å²) in [6.45, 7) is 9.38. The van der Waals surface area contributed by atoms with Crippen molar-refractivity contribution in [2.75, 3.05) is 129 Å².